The van der Waals surface area contributed by atoms with E-state index in [0.717, 1.165) is 53.8 Å². The summed E-state index contributed by atoms with van der Waals surface area (Å²) in [5.74, 6) is 0. The molecule has 2 heterocycles. The Bertz CT molecular complexity index is 529. The van der Waals surface area contributed by atoms with Crippen molar-refractivity contribution in [3.8, 4) is 10.6 Å². The Kier molecular flexibility index (Phi) is 6.04. The quantitative estimate of drug-likeness (QED) is 0.755. The van der Waals surface area contributed by atoms with Crippen LogP contribution in [0.3, 0.4) is 0 Å². The number of nitrogens with one attached hydrogen (secondary N) is 1. The van der Waals surface area contributed by atoms with E-state index in [9.17, 15) is 0 Å². The average Bonchev–Trinajstić information content (AvgIpc) is 2.91. The van der Waals surface area contributed by atoms with Crippen LogP contribution in [-0.4, -0.2) is 42.0 Å². The number of rotatable bonds is 8. The standard InChI is InChI=1S/C14H20N4OS/c1-11-10-12(5-7-16-11)14-18-17-13(20-14)4-3-6-15-8-9-19-2/h5,7,10,15H,3-4,6,8-9H2,1-2H3. The zero-order valence-corrected chi connectivity index (χ0v) is 12.7. The molecule has 0 spiro atoms. The molecule has 2 aromatic rings. The van der Waals surface area contributed by atoms with Crippen molar-refractivity contribution in [3.05, 3.63) is 29.0 Å². The van der Waals surface area contributed by atoms with Crippen LogP contribution in [0.2, 0.25) is 0 Å². The fourth-order valence-electron chi connectivity index (χ4n) is 1.81. The topological polar surface area (TPSA) is 59.9 Å². The summed E-state index contributed by atoms with van der Waals surface area (Å²) in [7, 11) is 1.71. The second kappa shape index (κ2) is 8.04. The van der Waals surface area contributed by atoms with Gasteiger partial charge in [0.25, 0.3) is 0 Å². The molecule has 0 atom stereocenters. The molecule has 0 aromatic carbocycles. The van der Waals surface area contributed by atoms with Crippen molar-refractivity contribution in [1.29, 1.82) is 0 Å². The van der Waals surface area contributed by atoms with Crippen molar-refractivity contribution in [1.82, 2.24) is 20.5 Å². The molecule has 0 aliphatic rings. The zero-order chi connectivity index (χ0) is 14.2. The van der Waals surface area contributed by atoms with E-state index in [-0.39, 0.29) is 0 Å². The molecule has 0 saturated heterocycles. The van der Waals surface area contributed by atoms with Gasteiger partial charge in [0.1, 0.15) is 10.0 Å². The van der Waals surface area contributed by atoms with E-state index in [1.54, 1.807) is 18.4 Å². The van der Waals surface area contributed by atoms with Crippen LogP contribution in [0, 0.1) is 6.92 Å². The maximum atomic E-state index is 4.98. The third-order valence-electron chi connectivity index (χ3n) is 2.84. The summed E-state index contributed by atoms with van der Waals surface area (Å²) in [5, 5.41) is 13.9. The molecule has 0 unspecified atom stereocenters. The molecule has 20 heavy (non-hydrogen) atoms. The number of nitrogens with zero attached hydrogens (tertiary/aromatic N) is 3. The Balaban J connectivity index is 1.80. The van der Waals surface area contributed by atoms with Crippen LogP contribution in [0.25, 0.3) is 10.6 Å². The van der Waals surface area contributed by atoms with Crippen LogP contribution in [0.4, 0.5) is 0 Å². The molecule has 0 amide bonds. The number of pyridine rings is 1. The maximum Gasteiger partial charge on any atom is 0.147 e. The molecule has 2 aromatic heterocycles. The fourth-order valence-corrected chi connectivity index (χ4v) is 2.69. The number of aromatic nitrogens is 3. The van der Waals surface area contributed by atoms with Crippen LogP contribution in [0.1, 0.15) is 17.1 Å². The normalized spacial score (nSPS) is 10.9. The molecule has 2 rings (SSSR count). The highest BCUT2D eigenvalue weighted by molar-refractivity contribution is 7.14. The first-order chi connectivity index (χ1) is 9.79. The van der Waals surface area contributed by atoms with Gasteiger partial charge in [-0.05, 0) is 32.0 Å². The number of hydrogen-bond acceptors (Lipinski definition) is 6. The number of methoxy groups -OCH3 is 1. The van der Waals surface area contributed by atoms with Gasteiger partial charge >= 0.3 is 0 Å². The van der Waals surface area contributed by atoms with Gasteiger partial charge in [-0.1, -0.05) is 11.3 Å². The molecular weight excluding hydrogens is 272 g/mol. The van der Waals surface area contributed by atoms with Crippen LogP contribution >= 0.6 is 11.3 Å². The van der Waals surface area contributed by atoms with Gasteiger partial charge in [-0.15, -0.1) is 10.2 Å². The summed E-state index contributed by atoms with van der Waals surface area (Å²) in [4.78, 5) is 4.20. The SMILES string of the molecule is COCCNCCCc1nnc(-c2ccnc(C)c2)s1. The lowest BCUT2D eigenvalue weighted by atomic mass is 10.2. The molecule has 0 fully saturated rings. The van der Waals surface area contributed by atoms with Crippen LogP contribution in [0.15, 0.2) is 18.3 Å². The van der Waals surface area contributed by atoms with Crippen molar-refractivity contribution >= 4 is 11.3 Å². The highest BCUT2D eigenvalue weighted by atomic mass is 32.1. The summed E-state index contributed by atoms with van der Waals surface area (Å²) in [6, 6.07) is 4.01. The fraction of sp³-hybridized carbons (Fsp3) is 0.500. The van der Waals surface area contributed by atoms with Crippen molar-refractivity contribution in [2.45, 2.75) is 19.8 Å². The van der Waals surface area contributed by atoms with Crippen LogP contribution in [0.5, 0.6) is 0 Å². The Morgan fingerprint density at radius 2 is 2.20 bits per heavy atom. The van der Waals surface area contributed by atoms with Crippen LogP contribution < -0.4 is 5.32 Å². The minimum absolute atomic E-state index is 0.754. The molecule has 0 saturated carbocycles. The van der Waals surface area contributed by atoms with Gasteiger partial charge in [0, 0.05) is 37.5 Å². The molecule has 0 aliphatic heterocycles. The predicted molar refractivity (Wildman–Crippen MR) is 80.9 cm³/mol. The monoisotopic (exact) mass is 292 g/mol. The molecule has 0 bridgehead atoms. The molecule has 1 N–H and O–H groups in total. The number of hydrogen-bond donors (Lipinski definition) is 1. The molecular formula is C14H20N4OS. The lowest BCUT2D eigenvalue weighted by Crippen LogP contribution is -2.20. The van der Waals surface area contributed by atoms with Crippen molar-refractivity contribution < 1.29 is 4.74 Å². The smallest absolute Gasteiger partial charge is 0.147 e. The largest absolute Gasteiger partial charge is 0.383 e. The summed E-state index contributed by atoms with van der Waals surface area (Å²) in [5.41, 5.74) is 2.10. The number of ether oxygens (including phenoxy) is 1. The first kappa shape index (κ1) is 15.0. The summed E-state index contributed by atoms with van der Waals surface area (Å²) >= 11 is 1.66. The van der Waals surface area contributed by atoms with Crippen molar-refractivity contribution in [3.63, 3.8) is 0 Å². The van der Waals surface area contributed by atoms with Crippen LogP contribution in [-0.2, 0) is 11.2 Å². The minimum Gasteiger partial charge on any atom is -0.383 e. The highest BCUT2D eigenvalue weighted by Gasteiger charge is 2.06. The van der Waals surface area contributed by atoms with Gasteiger partial charge in [-0.3, -0.25) is 4.98 Å². The minimum atomic E-state index is 0.754. The second-order valence-corrected chi connectivity index (χ2v) is 5.60. The molecule has 108 valence electrons. The third kappa shape index (κ3) is 4.63. The Morgan fingerprint density at radius 1 is 1.30 bits per heavy atom. The number of aryl methyl sites for hydroxylation is 2. The Morgan fingerprint density at radius 3 is 3.00 bits per heavy atom. The van der Waals surface area contributed by atoms with Gasteiger partial charge in [-0.2, -0.15) is 0 Å². The van der Waals surface area contributed by atoms with Crippen molar-refractivity contribution in [2.75, 3.05) is 26.8 Å². The maximum absolute atomic E-state index is 4.98. The van der Waals surface area contributed by atoms with E-state index in [0.29, 0.717) is 0 Å². The van der Waals surface area contributed by atoms with E-state index in [1.165, 1.54) is 0 Å². The third-order valence-corrected chi connectivity index (χ3v) is 3.87. The Labute approximate surface area is 123 Å². The molecule has 0 aliphatic carbocycles. The lowest BCUT2D eigenvalue weighted by molar-refractivity contribution is 0.199. The van der Waals surface area contributed by atoms with Gasteiger partial charge < -0.3 is 10.1 Å². The second-order valence-electron chi connectivity index (χ2n) is 4.53. The van der Waals surface area contributed by atoms with E-state index in [4.69, 9.17) is 4.74 Å². The zero-order valence-electron chi connectivity index (χ0n) is 11.9. The first-order valence-corrected chi connectivity index (χ1v) is 7.56. The predicted octanol–water partition coefficient (Wildman–Crippen LogP) is 2.08. The van der Waals surface area contributed by atoms with Gasteiger partial charge in [0.15, 0.2) is 0 Å². The van der Waals surface area contributed by atoms with E-state index < -0.39 is 0 Å². The van der Waals surface area contributed by atoms with E-state index >= 15 is 0 Å². The van der Waals surface area contributed by atoms with E-state index in [2.05, 4.69) is 20.5 Å². The van der Waals surface area contributed by atoms with E-state index in [1.807, 2.05) is 25.3 Å². The van der Waals surface area contributed by atoms with Crippen molar-refractivity contribution in [2.24, 2.45) is 0 Å². The average molecular weight is 292 g/mol. The highest BCUT2D eigenvalue weighted by Crippen LogP contribution is 2.23. The van der Waals surface area contributed by atoms with Gasteiger partial charge in [-0.25, -0.2) is 0 Å². The summed E-state index contributed by atoms with van der Waals surface area (Å²) < 4.78 is 4.98. The molecule has 0 radical (unpaired) electrons. The Hall–Kier alpha value is -1.37. The summed E-state index contributed by atoms with van der Waals surface area (Å²) in [6.07, 6.45) is 3.83. The molecule has 6 heteroatoms. The lowest BCUT2D eigenvalue weighted by Gasteiger charge is -2.01. The summed E-state index contributed by atoms with van der Waals surface area (Å²) in [6.45, 7) is 4.61. The molecule has 5 nitrogen and oxygen atoms in total. The van der Waals surface area contributed by atoms with Gasteiger partial charge in [0.2, 0.25) is 0 Å². The van der Waals surface area contributed by atoms with Gasteiger partial charge in [0.05, 0.1) is 6.61 Å². The first-order valence-electron chi connectivity index (χ1n) is 6.74.